The molecule has 0 aliphatic carbocycles. The Balaban J connectivity index is 2.66. The van der Waals surface area contributed by atoms with Gasteiger partial charge < -0.3 is 11.1 Å². The summed E-state index contributed by atoms with van der Waals surface area (Å²) in [5.41, 5.74) is 6.44. The molecular weight excluding hydrogens is 232 g/mol. The molecule has 94 valence electrons. The Labute approximate surface area is 107 Å². The van der Waals surface area contributed by atoms with E-state index in [-0.39, 0.29) is 17.7 Å². The monoisotopic (exact) mass is 252 g/mol. The Morgan fingerprint density at radius 2 is 1.94 bits per heavy atom. The van der Waals surface area contributed by atoms with Crippen LogP contribution in [0, 0.1) is 11.8 Å². The topological polar surface area (TPSA) is 55.1 Å². The van der Waals surface area contributed by atoms with Crippen molar-refractivity contribution < 1.29 is 4.79 Å². The summed E-state index contributed by atoms with van der Waals surface area (Å²) in [4.78, 5) is 13.1. The lowest BCUT2D eigenvalue weighted by Crippen LogP contribution is -2.33. The molecule has 0 saturated heterocycles. The summed E-state index contributed by atoms with van der Waals surface area (Å²) in [5.74, 6) is 0.125. The molecule has 0 heterocycles. The van der Waals surface area contributed by atoms with Gasteiger partial charge in [0, 0.05) is 17.1 Å². The summed E-state index contributed by atoms with van der Waals surface area (Å²) >= 11 is 1.68. The molecule has 0 fully saturated rings. The number of hydrogen-bond acceptors (Lipinski definition) is 3. The highest BCUT2D eigenvalue weighted by Crippen LogP contribution is 2.19. The van der Waals surface area contributed by atoms with Crippen LogP contribution < -0.4 is 11.1 Å². The molecule has 1 atom stereocenters. The van der Waals surface area contributed by atoms with Crippen molar-refractivity contribution in [1.29, 1.82) is 0 Å². The molecule has 3 N–H and O–H groups in total. The van der Waals surface area contributed by atoms with Crippen molar-refractivity contribution in [3.8, 4) is 0 Å². The van der Waals surface area contributed by atoms with Crippen molar-refractivity contribution in [3.63, 3.8) is 0 Å². The molecule has 0 aliphatic rings. The second-order valence-electron chi connectivity index (χ2n) is 4.30. The molecule has 0 bridgehead atoms. The van der Waals surface area contributed by atoms with E-state index in [2.05, 4.69) is 5.32 Å². The molecule has 4 heteroatoms. The zero-order chi connectivity index (χ0) is 12.8. The van der Waals surface area contributed by atoms with Crippen molar-refractivity contribution in [2.75, 3.05) is 18.1 Å². The lowest BCUT2D eigenvalue weighted by atomic mass is 9.95. The lowest BCUT2D eigenvalue weighted by Gasteiger charge is -2.18. The van der Waals surface area contributed by atoms with Gasteiger partial charge in [-0.05, 0) is 36.4 Å². The minimum atomic E-state index is -0.129. The fraction of sp³-hybridized carbons (Fsp3) is 0.462. The van der Waals surface area contributed by atoms with Crippen molar-refractivity contribution in [1.82, 2.24) is 0 Å². The first-order valence-corrected chi connectivity index (χ1v) is 6.96. The molecule has 0 aromatic heterocycles. The summed E-state index contributed by atoms with van der Waals surface area (Å²) in [6.07, 6.45) is 2.02. The highest BCUT2D eigenvalue weighted by molar-refractivity contribution is 7.98. The van der Waals surface area contributed by atoms with E-state index < -0.39 is 0 Å². The number of carbonyl (C=O) groups is 1. The molecule has 1 aromatic rings. The van der Waals surface area contributed by atoms with Gasteiger partial charge in [0.1, 0.15) is 0 Å². The fourth-order valence-electron chi connectivity index (χ4n) is 1.59. The molecule has 3 nitrogen and oxygen atoms in total. The van der Waals surface area contributed by atoms with Crippen LogP contribution >= 0.6 is 11.8 Å². The maximum atomic E-state index is 11.9. The van der Waals surface area contributed by atoms with Gasteiger partial charge in [0.25, 0.3) is 0 Å². The van der Waals surface area contributed by atoms with Gasteiger partial charge in [0.2, 0.25) is 5.91 Å². The van der Waals surface area contributed by atoms with E-state index in [1.807, 2.05) is 44.4 Å². The minimum absolute atomic E-state index is 0.000554. The predicted octanol–water partition coefficient (Wildman–Crippen LogP) is 2.58. The Morgan fingerprint density at radius 1 is 1.35 bits per heavy atom. The number of nitrogens with one attached hydrogen (secondary N) is 1. The smallest absolute Gasteiger partial charge is 0.229 e. The zero-order valence-electron chi connectivity index (χ0n) is 10.6. The third-order valence-electron chi connectivity index (χ3n) is 2.75. The maximum Gasteiger partial charge on any atom is 0.229 e. The molecule has 1 aromatic carbocycles. The number of carbonyl (C=O) groups excluding carboxylic acids is 1. The number of thioether (sulfide) groups is 1. The van der Waals surface area contributed by atoms with Crippen molar-refractivity contribution in [2.45, 2.75) is 18.7 Å². The number of amides is 1. The normalized spacial score (nSPS) is 12.5. The number of rotatable bonds is 5. The number of anilines is 1. The molecule has 1 unspecified atom stereocenters. The van der Waals surface area contributed by atoms with Crippen LogP contribution in [0.15, 0.2) is 29.2 Å². The van der Waals surface area contributed by atoms with Crippen LogP contribution in [0.1, 0.15) is 13.8 Å². The Kier molecular flexibility index (Phi) is 5.51. The van der Waals surface area contributed by atoms with E-state index in [9.17, 15) is 4.79 Å². The van der Waals surface area contributed by atoms with Gasteiger partial charge in [0.15, 0.2) is 0 Å². The summed E-state index contributed by atoms with van der Waals surface area (Å²) < 4.78 is 0. The second kappa shape index (κ2) is 6.67. The van der Waals surface area contributed by atoms with Crippen LogP contribution in [0.25, 0.3) is 0 Å². The van der Waals surface area contributed by atoms with Gasteiger partial charge in [-0.2, -0.15) is 0 Å². The quantitative estimate of drug-likeness (QED) is 0.792. The van der Waals surface area contributed by atoms with Gasteiger partial charge in [-0.1, -0.05) is 13.8 Å². The molecule has 0 radical (unpaired) electrons. The van der Waals surface area contributed by atoms with Crippen LogP contribution in [0.4, 0.5) is 5.69 Å². The first-order chi connectivity index (χ1) is 8.08. The second-order valence-corrected chi connectivity index (χ2v) is 5.18. The Hall–Kier alpha value is -1.00. The van der Waals surface area contributed by atoms with Crippen LogP contribution in [0.5, 0.6) is 0 Å². The summed E-state index contributed by atoms with van der Waals surface area (Å²) in [6.45, 7) is 4.40. The standard InChI is InChI=1S/C13H20N2OS/c1-9(2)12(8-14)13(16)15-10-4-6-11(17-3)7-5-10/h4-7,9,12H,8,14H2,1-3H3,(H,15,16). The first-order valence-electron chi connectivity index (χ1n) is 5.73. The fourth-order valence-corrected chi connectivity index (χ4v) is 2.00. The van der Waals surface area contributed by atoms with Crippen molar-refractivity contribution in [2.24, 2.45) is 17.6 Å². The SMILES string of the molecule is CSc1ccc(NC(=O)C(CN)C(C)C)cc1. The van der Waals surface area contributed by atoms with Crippen LogP contribution in [0.2, 0.25) is 0 Å². The van der Waals surface area contributed by atoms with Gasteiger partial charge in [-0.15, -0.1) is 11.8 Å². The summed E-state index contributed by atoms with van der Waals surface area (Å²) in [7, 11) is 0. The van der Waals surface area contributed by atoms with Crippen molar-refractivity contribution >= 4 is 23.4 Å². The molecule has 1 rings (SSSR count). The highest BCUT2D eigenvalue weighted by Gasteiger charge is 2.20. The predicted molar refractivity (Wildman–Crippen MR) is 74.2 cm³/mol. The van der Waals surface area contributed by atoms with Gasteiger partial charge in [-0.3, -0.25) is 4.79 Å². The molecule has 17 heavy (non-hydrogen) atoms. The third-order valence-corrected chi connectivity index (χ3v) is 3.50. The lowest BCUT2D eigenvalue weighted by molar-refractivity contribution is -0.120. The molecule has 0 aliphatic heterocycles. The van der Waals surface area contributed by atoms with Crippen LogP contribution in [-0.2, 0) is 4.79 Å². The third kappa shape index (κ3) is 4.06. The molecule has 1 amide bonds. The average Bonchev–Trinajstić information content (AvgIpc) is 2.30. The van der Waals surface area contributed by atoms with Crippen molar-refractivity contribution in [3.05, 3.63) is 24.3 Å². The zero-order valence-corrected chi connectivity index (χ0v) is 11.4. The molecular formula is C13H20N2OS. The summed E-state index contributed by atoms with van der Waals surface area (Å²) in [6, 6.07) is 7.81. The first kappa shape index (κ1) is 14.1. The molecule has 0 spiro atoms. The van der Waals surface area contributed by atoms with E-state index in [1.54, 1.807) is 11.8 Å². The van der Waals surface area contributed by atoms with Crippen LogP contribution in [0.3, 0.4) is 0 Å². The maximum absolute atomic E-state index is 11.9. The van der Waals surface area contributed by atoms with Gasteiger partial charge >= 0.3 is 0 Å². The molecule has 0 saturated carbocycles. The average molecular weight is 252 g/mol. The Morgan fingerprint density at radius 3 is 2.35 bits per heavy atom. The summed E-state index contributed by atoms with van der Waals surface area (Å²) in [5, 5.41) is 2.90. The van der Waals surface area contributed by atoms with Crippen LogP contribution in [-0.4, -0.2) is 18.7 Å². The minimum Gasteiger partial charge on any atom is -0.330 e. The van der Waals surface area contributed by atoms with E-state index >= 15 is 0 Å². The van der Waals surface area contributed by atoms with E-state index in [4.69, 9.17) is 5.73 Å². The van der Waals surface area contributed by atoms with Gasteiger partial charge in [0.05, 0.1) is 5.92 Å². The van der Waals surface area contributed by atoms with E-state index in [0.717, 1.165) is 5.69 Å². The van der Waals surface area contributed by atoms with E-state index in [0.29, 0.717) is 6.54 Å². The highest BCUT2D eigenvalue weighted by atomic mass is 32.2. The van der Waals surface area contributed by atoms with E-state index in [1.165, 1.54) is 4.90 Å². The number of benzene rings is 1. The largest absolute Gasteiger partial charge is 0.330 e. The Bertz CT molecular complexity index is 362. The number of nitrogens with two attached hydrogens (primary N) is 1. The van der Waals surface area contributed by atoms with Gasteiger partial charge in [-0.25, -0.2) is 0 Å². The number of hydrogen-bond donors (Lipinski definition) is 2.